The Morgan fingerprint density at radius 1 is 1.14 bits per heavy atom. The maximum atomic E-state index is 5.70. The molecule has 0 aliphatic carbocycles. The van der Waals surface area contributed by atoms with E-state index in [4.69, 9.17) is 9.47 Å². The van der Waals surface area contributed by atoms with E-state index in [2.05, 4.69) is 43.0 Å². The van der Waals surface area contributed by atoms with Crippen LogP contribution in [0.3, 0.4) is 0 Å². The minimum Gasteiger partial charge on any atom is -0.490 e. The molecule has 0 radical (unpaired) electrons. The molecule has 0 aromatic heterocycles. The quantitative estimate of drug-likeness (QED) is 0.751. The molecule has 0 atom stereocenters. The maximum Gasteiger partial charge on any atom is 0.119 e. The molecule has 4 heteroatoms. The zero-order valence-electron chi connectivity index (χ0n) is 13.0. The van der Waals surface area contributed by atoms with Crippen LogP contribution in [0.5, 0.6) is 5.75 Å². The first kappa shape index (κ1) is 18.0. The Kier molecular flexibility index (Phi) is 8.43. The molecule has 2 rings (SSSR count). The number of benzene rings is 1. The number of ether oxygens (including phenoxy) is 2. The molecule has 1 aromatic carbocycles. The Balaban J connectivity index is 0.00000220. The van der Waals surface area contributed by atoms with Crippen molar-refractivity contribution in [3.63, 3.8) is 0 Å². The first-order valence-corrected chi connectivity index (χ1v) is 7.43. The summed E-state index contributed by atoms with van der Waals surface area (Å²) in [5, 5.41) is 0. The van der Waals surface area contributed by atoms with Crippen LogP contribution in [0.25, 0.3) is 0 Å². The van der Waals surface area contributed by atoms with E-state index in [1.54, 1.807) is 0 Å². The second kappa shape index (κ2) is 9.82. The van der Waals surface area contributed by atoms with Gasteiger partial charge in [-0.1, -0.05) is 38.1 Å². The lowest BCUT2D eigenvalue weighted by atomic mass is 10.0. The Morgan fingerprint density at radius 2 is 1.81 bits per heavy atom. The van der Waals surface area contributed by atoms with Gasteiger partial charge in [-0.3, -0.25) is 4.90 Å². The molecule has 1 fully saturated rings. The van der Waals surface area contributed by atoms with E-state index in [0.717, 1.165) is 38.6 Å². The highest BCUT2D eigenvalue weighted by Crippen LogP contribution is 2.18. The summed E-state index contributed by atoms with van der Waals surface area (Å²) in [6.07, 6.45) is 4.26. The van der Waals surface area contributed by atoms with Gasteiger partial charge >= 0.3 is 0 Å². The van der Waals surface area contributed by atoms with Crippen molar-refractivity contribution in [1.29, 1.82) is 0 Å². The molecule has 1 aliphatic rings. The standard InChI is InChI=1S/C17H25NO2.ClH/c1-15(2)16-5-7-17(8-6-16)20-12-4-3-9-18-10-13-19-14-11-18;/h3-8,15H,9-14H2,1-2H3;1H/b4-3+;. The molecule has 1 aromatic rings. The van der Waals surface area contributed by atoms with Crippen LogP contribution >= 0.6 is 12.4 Å². The summed E-state index contributed by atoms with van der Waals surface area (Å²) in [6.45, 7) is 9.78. The lowest BCUT2D eigenvalue weighted by Crippen LogP contribution is -2.36. The van der Waals surface area contributed by atoms with E-state index < -0.39 is 0 Å². The molecule has 0 amide bonds. The fourth-order valence-corrected chi connectivity index (χ4v) is 2.17. The number of hydrogen-bond donors (Lipinski definition) is 0. The monoisotopic (exact) mass is 311 g/mol. The van der Waals surface area contributed by atoms with Gasteiger partial charge in [0, 0.05) is 19.6 Å². The number of nitrogens with zero attached hydrogens (tertiary/aromatic N) is 1. The largest absolute Gasteiger partial charge is 0.490 e. The van der Waals surface area contributed by atoms with Gasteiger partial charge < -0.3 is 9.47 Å². The number of morpholine rings is 1. The summed E-state index contributed by atoms with van der Waals surface area (Å²) in [5.41, 5.74) is 1.35. The van der Waals surface area contributed by atoms with Gasteiger partial charge in [-0.15, -0.1) is 12.4 Å². The van der Waals surface area contributed by atoms with Gasteiger partial charge in [0.15, 0.2) is 0 Å². The van der Waals surface area contributed by atoms with Crippen LogP contribution < -0.4 is 4.74 Å². The second-order valence-electron chi connectivity index (χ2n) is 5.42. The molecule has 118 valence electrons. The maximum absolute atomic E-state index is 5.70. The van der Waals surface area contributed by atoms with Crippen molar-refractivity contribution in [3.05, 3.63) is 42.0 Å². The fourth-order valence-electron chi connectivity index (χ4n) is 2.17. The van der Waals surface area contributed by atoms with E-state index in [0.29, 0.717) is 12.5 Å². The van der Waals surface area contributed by atoms with Crippen molar-refractivity contribution < 1.29 is 9.47 Å². The highest BCUT2D eigenvalue weighted by Gasteiger charge is 2.07. The highest BCUT2D eigenvalue weighted by molar-refractivity contribution is 5.85. The van der Waals surface area contributed by atoms with Crippen LogP contribution in [-0.2, 0) is 4.74 Å². The summed E-state index contributed by atoms with van der Waals surface area (Å²) < 4.78 is 11.0. The minimum atomic E-state index is 0. The number of hydrogen-bond acceptors (Lipinski definition) is 3. The first-order valence-electron chi connectivity index (χ1n) is 7.43. The smallest absolute Gasteiger partial charge is 0.119 e. The highest BCUT2D eigenvalue weighted by atomic mass is 35.5. The van der Waals surface area contributed by atoms with Crippen LogP contribution in [0, 0.1) is 0 Å². The average Bonchev–Trinajstić information content (AvgIpc) is 2.48. The molecule has 0 saturated carbocycles. The molecular formula is C17H26ClNO2. The van der Waals surface area contributed by atoms with Crippen molar-refractivity contribution in [2.24, 2.45) is 0 Å². The molecule has 0 spiro atoms. The van der Waals surface area contributed by atoms with E-state index in [9.17, 15) is 0 Å². The van der Waals surface area contributed by atoms with E-state index >= 15 is 0 Å². The molecule has 1 saturated heterocycles. The van der Waals surface area contributed by atoms with Crippen LogP contribution in [0.2, 0.25) is 0 Å². The summed E-state index contributed by atoms with van der Waals surface area (Å²) in [5.74, 6) is 1.50. The third-order valence-corrected chi connectivity index (χ3v) is 3.53. The Morgan fingerprint density at radius 3 is 2.43 bits per heavy atom. The summed E-state index contributed by atoms with van der Waals surface area (Å²) >= 11 is 0. The Labute approximate surface area is 134 Å². The first-order chi connectivity index (χ1) is 9.75. The SMILES string of the molecule is CC(C)c1ccc(OC/C=C/CN2CCOCC2)cc1.Cl. The predicted octanol–water partition coefficient (Wildman–Crippen LogP) is 3.50. The van der Waals surface area contributed by atoms with Gasteiger partial charge in [-0.25, -0.2) is 0 Å². The molecule has 3 nitrogen and oxygen atoms in total. The van der Waals surface area contributed by atoms with E-state index in [1.165, 1.54) is 5.56 Å². The molecule has 0 unspecified atom stereocenters. The summed E-state index contributed by atoms with van der Waals surface area (Å²) in [4.78, 5) is 2.39. The fraction of sp³-hybridized carbons (Fsp3) is 0.529. The average molecular weight is 312 g/mol. The van der Waals surface area contributed by atoms with Gasteiger partial charge in [-0.05, 0) is 23.6 Å². The van der Waals surface area contributed by atoms with Gasteiger partial charge in [0.25, 0.3) is 0 Å². The molecule has 21 heavy (non-hydrogen) atoms. The topological polar surface area (TPSA) is 21.7 Å². The molecule has 1 aliphatic heterocycles. The Bertz CT molecular complexity index is 411. The number of halogens is 1. The van der Waals surface area contributed by atoms with Crippen molar-refractivity contribution in [1.82, 2.24) is 4.90 Å². The zero-order valence-corrected chi connectivity index (χ0v) is 13.8. The van der Waals surface area contributed by atoms with Crippen molar-refractivity contribution in [2.75, 3.05) is 39.5 Å². The minimum absolute atomic E-state index is 0. The third-order valence-electron chi connectivity index (χ3n) is 3.53. The number of rotatable bonds is 6. The normalized spacial score (nSPS) is 16.1. The van der Waals surface area contributed by atoms with Crippen LogP contribution in [0.1, 0.15) is 25.3 Å². The summed E-state index contributed by atoms with van der Waals surface area (Å²) in [6, 6.07) is 8.37. The van der Waals surface area contributed by atoms with Crippen LogP contribution in [-0.4, -0.2) is 44.4 Å². The Hall–Kier alpha value is -1.03. The van der Waals surface area contributed by atoms with Crippen LogP contribution in [0.15, 0.2) is 36.4 Å². The third kappa shape index (κ3) is 6.51. The molecule has 0 bridgehead atoms. The lowest BCUT2D eigenvalue weighted by Gasteiger charge is -2.25. The zero-order chi connectivity index (χ0) is 14.2. The summed E-state index contributed by atoms with van der Waals surface area (Å²) in [7, 11) is 0. The van der Waals surface area contributed by atoms with Crippen molar-refractivity contribution in [3.8, 4) is 5.75 Å². The van der Waals surface area contributed by atoms with Crippen LogP contribution in [0.4, 0.5) is 0 Å². The molecule has 1 heterocycles. The second-order valence-corrected chi connectivity index (χ2v) is 5.42. The molecule has 0 N–H and O–H groups in total. The van der Waals surface area contributed by atoms with E-state index in [-0.39, 0.29) is 12.4 Å². The molecular weight excluding hydrogens is 286 g/mol. The van der Waals surface area contributed by atoms with Gasteiger partial charge in [0.2, 0.25) is 0 Å². The van der Waals surface area contributed by atoms with E-state index in [1.807, 2.05) is 12.1 Å². The van der Waals surface area contributed by atoms with Crippen molar-refractivity contribution >= 4 is 12.4 Å². The predicted molar refractivity (Wildman–Crippen MR) is 89.7 cm³/mol. The van der Waals surface area contributed by atoms with Gasteiger partial charge in [0.1, 0.15) is 12.4 Å². The lowest BCUT2D eigenvalue weighted by molar-refractivity contribution is 0.0434. The van der Waals surface area contributed by atoms with Crippen molar-refractivity contribution in [2.45, 2.75) is 19.8 Å². The van der Waals surface area contributed by atoms with Gasteiger partial charge in [0.05, 0.1) is 13.2 Å². The van der Waals surface area contributed by atoms with Gasteiger partial charge in [-0.2, -0.15) is 0 Å².